The topological polar surface area (TPSA) is 116 Å². The third-order valence-electron chi connectivity index (χ3n) is 2.83. The second-order valence-electron chi connectivity index (χ2n) is 4.29. The van der Waals surface area contributed by atoms with Gasteiger partial charge in [-0.2, -0.15) is 0 Å². The lowest BCUT2D eigenvalue weighted by atomic mass is 9.99. The lowest BCUT2D eigenvalue weighted by Crippen LogP contribution is -2.59. The minimum Gasteiger partial charge on any atom is -0.433 e. The molecule has 1 aliphatic heterocycles. The van der Waals surface area contributed by atoms with Crippen LogP contribution in [-0.4, -0.2) is 63.7 Å². The number of hydrogen-bond donors (Lipinski definition) is 4. The Morgan fingerprint density at radius 2 is 1.89 bits per heavy atom. The first-order valence-corrected chi connectivity index (χ1v) is 6.01. The lowest BCUT2D eigenvalue weighted by Gasteiger charge is -2.39. The number of carbonyl (C=O) groups excluding carboxylic acids is 1. The smallest absolute Gasteiger partial charge is 0.308 e. The Kier molecular flexibility index (Phi) is 5.97. The summed E-state index contributed by atoms with van der Waals surface area (Å²) in [5.74, 6) is -0.554. The van der Waals surface area contributed by atoms with Crippen molar-refractivity contribution >= 4 is 5.97 Å². The first-order chi connectivity index (χ1) is 8.51. The third kappa shape index (κ3) is 3.63. The van der Waals surface area contributed by atoms with Gasteiger partial charge < -0.3 is 29.9 Å². The van der Waals surface area contributed by atoms with Crippen LogP contribution in [0.5, 0.6) is 0 Å². The number of aliphatic hydroxyl groups is 4. The molecule has 0 spiro atoms. The zero-order valence-corrected chi connectivity index (χ0v) is 10.2. The van der Waals surface area contributed by atoms with E-state index in [2.05, 4.69) is 0 Å². The number of hydrogen-bond acceptors (Lipinski definition) is 7. The molecule has 7 nitrogen and oxygen atoms in total. The van der Waals surface area contributed by atoms with Crippen LogP contribution < -0.4 is 0 Å². The van der Waals surface area contributed by atoms with Gasteiger partial charge in [-0.25, -0.2) is 0 Å². The second-order valence-corrected chi connectivity index (χ2v) is 4.29. The Balaban J connectivity index is 2.56. The molecule has 1 aliphatic rings. The summed E-state index contributed by atoms with van der Waals surface area (Å²) in [5, 5.41) is 37.5. The van der Waals surface area contributed by atoms with Gasteiger partial charge in [0.1, 0.15) is 24.4 Å². The van der Waals surface area contributed by atoms with E-state index in [-0.39, 0.29) is 6.42 Å². The van der Waals surface area contributed by atoms with Crippen molar-refractivity contribution in [1.82, 2.24) is 0 Å². The fourth-order valence-corrected chi connectivity index (χ4v) is 1.67. The van der Waals surface area contributed by atoms with Crippen molar-refractivity contribution in [2.24, 2.45) is 0 Å². The van der Waals surface area contributed by atoms with Gasteiger partial charge in [0.25, 0.3) is 0 Å². The van der Waals surface area contributed by atoms with E-state index in [1.807, 2.05) is 6.92 Å². The number of unbranched alkanes of at least 4 members (excludes halogenated alkanes) is 1. The number of rotatable bonds is 5. The van der Waals surface area contributed by atoms with Crippen LogP contribution in [0.2, 0.25) is 0 Å². The molecule has 4 N–H and O–H groups in total. The Bertz CT molecular complexity index is 268. The summed E-state index contributed by atoms with van der Waals surface area (Å²) < 4.78 is 9.89. The van der Waals surface area contributed by atoms with Gasteiger partial charge in [0.2, 0.25) is 6.29 Å². The molecule has 5 atom stereocenters. The van der Waals surface area contributed by atoms with Crippen molar-refractivity contribution in [2.75, 3.05) is 6.61 Å². The molecule has 0 unspecified atom stereocenters. The van der Waals surface area contributed by atoms with Crippen molar-refractivity contribution in [3.05, 3.63) is 0 Å². The van der Waals surface area contributed by atoms with E-state index in [9.17, 15) is 20.1 Å². The molecule has 0 aromatic carbocycles. The maximum Gasteiger partial charge on any atom is 0.308 e. The third-order valence-corrected chi connectivity index (χ3v) is 2.83. The fraction of sp³-hybridized carbons (Fsp3) is 0.909. The molecule has 0 amide bonds. The quantitative estimate of drug-likeness (QED) is 0.447. The summed E-state index contributed by atoms with van der Waals surface area (Å²) in [6.45, 7) is 1.37. The highest BCUT2D eigenvalue weighted by Crippen LogP contribution is 2.22. The van der Waals surface area contributed by atoms with Crippen molar-refractivity contribution in [3.63, 3.8) is 0 Å². The van der Waals surface area contributed by atoms with Gasteiger partial charge in [0, 0.05) is 6.42 Å². The summed E-state index contributed by atoms with van der Waals surface area (Å²) in [7, 11) is 0. The van der Waals surface area contributed by atoms with Gasteiger partial charge in [-0.05, 0) is 6.42 Å². The highest BCUT2D eigenvalue weighted by molar-refractivity contribution is 5.69. The van der Waals surface area contributed by atoms with Crippen LogP contribution in [0.25, 0.3) is 0 Å². The second kappa shape index (κ2) is 7.01. The van der Waals surface area contributed by atoms with Gasteiger partial charge in [0.05, 0.1) is 6.61 Å². The minimum atomic E-state index is -1.53. The van der Waals surface area contributed by atoms with Crippen LogP contribution in [0.1, 0.15) is 26.2 Å². The normalized spacial score (nSPS) is 36.4. The highest BCUT2D eigenvalue weighted by atomic mass is 16.7. The van der Waals surface area contributed by atoms with Gasteiger partial charge in [0.15, 0.2) is 0 Å². The standard InChI is InChI=1S/C11H20O7/c1-2-3-4-7(13)18-11-10(16)9(15)8(14)6(5-12)17-11/h6,8-12,14-16H,2-5H2,1H3/t6-,8-,9+,10-,11+/m1/s1. The van der Waals surface area contributed by atoms with Crippen molar-refractivity contribution in [3.8, 4) is 0 Å². The van der Waals surface area contributed by atoms with Crippen molar-refractivity contribution in [1.29, 1.82) is 0 Å². The predicted molar refractivity (Wildman–Crippen MR) is 59.4 cm³/mol. The zero-order valence-electron chi connectivity index (χ0n) is 10.2. The van der Waals surface area contributed by atoms with E-state index < -0.39 is 43.3 Å². The molecule has 0 radical (unpaired) electrons. The van der Waals surface area contributed by atoms with Crippen LogP contribution in [-0.2, 0) is 14.3 Å². The molecule has 0 aromatic heterocycles. The molecule has 0 aromatic rings. The Hall–Kier alpha value is -0.730. The van der Waals surface area contributed by atoms with Crippen LogP contribution in [0.3, 0.4) is 0 Å². The summed E-state index contributed by atoms with van der Waals surface area (Å²) in [5.41, 5.74) is 0. The maximum absolute atomic E-state index is 11.4. The molecule has 0 saturated carbocycles. The van der Waals surface area contributed by atoms with E-state index in [1.54, 1.807) is 0 Å². The van der Waals surface area contributed by atoms with Crippen molar-refractivity contribution < 1.29 is 34.7 Å². The van der Waals surface area contributed by atoms with Gasteiger partial charge >= 0.3 is 5.97 Å². The Morgan fingerprint density at radius 1 is 1.22 bits per heavy atom. The monoisotopic (exact) mass is 264 g/mol. The fourth-order valence-electron chi connectivity index (χ4n) is 1.67. The molecule has 106 valence electrons. The first-order valence-electron chi connectivity index (χ1n) is 6.01. The maximum atomic E-state index is 11.4. The van der Waals surface area contributed by atoms with E-state index in [1.165, 1.54) is 0 Å². The summed E-state index contributed by atoms with van der Waals surface area (Å²) in [6, 6.07) is 0. The molecule has 0 aliphatic carbocycles. The average molecular weight is 264 g/mol. The summed E-state index contributed by atoms with van der Waals surface area (Å²) in [6.07, 6.45) is -5.29. The lowest BCUT2D eigenvalue weighted by molar-refractivity contribution is -0.292. The van der Waals surface area contributed by atoms with Crippen LogP contribution in [0, 0.1) is 0 Å². The first kappa shape index (κ1) is 15.3. The summed E-state index contributed by atoms with van der Waals surface area (Å²) >= 11 is 0. The average Bonchev–Trinajstić information content (AvgIpc) is 2.37. The largest absolute Gasteiger partial charge is 0.433 e. The van der Waals surface area contributed by atoms with Crippen LogP contribution in [0.4, 0.5) is 0 Å². The molecule has 7 heteroatoms. The van der Waals surface area contributed by atoms with Gasteiger partial charge in [-0.15, -0.1) is 0 Å². The minimum absolute atomic E-state index is 0.186. The van der Waals surface area contributed by atoms with E-state index in [4.69, 9.17) is 14.6 Å². The van der Waals surface area contributed by atoms with Crippen molar-refractivity contribution in [2.45, 2.75) is 56.9 Å². The Morgan fingerprint density at radius 3 is 2.44 bits per heavy atom. The molecular formula is C11H20O7. The molecule has 1 rings (SSSR count). The molecule has 1 saturated heterocycles. The summed E-state index contributed by atoms with van der Waals surface area (Å²) in [4.78, 5) is 11.4. The number of carbonyl (C=O) groups is 1. The number of esters is 1. The number of ether oxygens (including phenoxy) is 2. The van der Waals surface area contributed by atoms with E-state index in [0.29, 0.717) is 6.42 Å². The SMILES string of the molecule is CCCCC(=O)O[C@@H]1O[C@H](CO)[C@@H](O)[C@H](O)[C@H]1O. The predicted octanol–water partition coefficient (Wildman–Crippen LogP) is -1.48. The number of aliphatic hydroxyl groups excluding tert-OH is 4. The van der Waals surface area contributed by atoms with E-state index >= 15 is 0 Å². The van der Waals surface area contributed by atoms with E-state index in [0.717, 1.165) is 6.42 Å². The Labute approximate surface area is 105 Å². The molecule has 0 bridgehead atoms. The van der Waals surface area contributed by atoms with Crippen LogP contribution >= 0.6 is 0 Å². The molecule has 1 heterocycles. The highest BCUT2D eigenvalue weighted by Gasteiger charge is 2.45. The van der Waals surface area contributed by atoms with Gasteiger partial charge in [-0.1, -0.05) is 13.3 Å². The molecular weight excluding hydrogens is 244 g/mol. The molecule has 18 heavy (non-hydrogen) atoms. The van der Waals surface area contributed by atoms with Gasteiger partial charge in [-0.3, -0.25) is 4.79 Å². The van der Waals surface area contributed by atoms with Crippen LogP contribution in [0.15, 0.2) is 0 Å². The molecule has 1 fully saturated rings. The zero-order chi connectivity index (χ0) is 13.7.